The molecule has 2 amide bonds. The smallest absolute Gasteiger partial charge is 0.416 e. The maximum Gasteiger partial charge on any atom is 0.416 e. The number of anilines is 3. The number of hydrogen-bond donors (Lipinski definition) is 2. The normalized spacial score (nSPS) is 15.5. The van der Waals surface area contributed by atoms with E-state index in [1.165, 1.54) is 12.5 Å². The van der Waals surface area contributed by atoms with Gasteiger partial charge >= 0.3 is 12.2 Å². The fraction of sp³-hybridized carbons (Fsp3) is 0.344. The number of fused-ring (bicyclic) bond motifs is 1. The summed E-state index contributed by atoms with van der Waals surface area (Å²) in [7, 11) is 0. The number of halogens is 3. The van der Waals surface area contributed by atoms with Crippen LogP contribution in [0.15, 0.2) is 71.6 Å². The van der Waals surface area contributed by atoms with E-state index in [9.17, 15) is 18.0 Å². The Balaban J connectivity index is 1.56. The van der Waals surface area contributed by atoms with Gasteiger partial charge in [0.25, 0.3) is 0 Å². The number of rotatable bonds is 7. The molecule has 1 atom stereocenters. The van der Waals surface area contributed by atoms with Crippen molar-refractivity contribution in [2.24, 2.45) is 5.73 Å². The second-order valence-electron chi connectivity index (χ2n) is 10.7. The molecule has 8 nitrogen and oxygen atoms in total. The van der Waals surface area contributed by atoms with E-state index in [2.05, 4.69) is 15.2 Å². The lowest BCUT2D eigenvalue weighted by molar-refractivity contribution is -0.137. The summed E-state index contributed by atoms with van der Waals surface area (Å²) in [6.45, 7) is 5.98. The third-order valence-corrected chi connectivity index (χ3v) is 7.63. The first-order valence-corrected chi connectivity index (χ1v) is 14.4. The Morgan fingerprint density at radius 1 is 1.14 bits per heavy atom. The molecule has 0 spiro atoms. The number of pyridine rings is 1. The Morgan fingerprint density at radius 3 is 2.70 bits per heavy atom. The van der Waals surface area contributed by atoms with Crippen LogP contribution in [0.2, 0.25) is 0 Å². The summed E-state index contributed by atoms with van der Waals surface area (Å²) < 4.78 is 46.0. The average molecular weight is 593 g/mol. The number of benzene rings is 2. The average Bonchev–Trinajstić information content (AvgIpc) is 3.53. The SMILES string of the molecule is CCN1CCC[C@@H](C)N(C(=O)Nc2cc(CCCN)cc(-c3cnco3)c2)c2nc(-c3cccc(C(F)(F)F)c3)ccc21. The van der Waals surface area contributed by atoms with E-state index in [1.54, 1.807) is 23.2 Å². The van der Waals surface area contributed by atoms with E-state index < -0.39 is 11.7 Å². The molecule has 0 saturated heterocycles. The standard InChI is InChI=1S/C32H35F3N6O2/c1-3-40-14-6-7-21(2)41(30-28(40)12-11-27(39-30)23-9-4-10-25(17-23)32(33,34)35)31(42)38-26-16-22(8-5-13-36)15-24(18-26)29-19-37-20-43-29/h4,9-12,15-21H,3,5-8,13-14,36H2,1-2H3,(H,38,42)/t21-/m1/s1. The van der Waals surface area contributed by atoms with Gasteiger partial charge in [-0.2, -0.15) is 13.2 Å². The Kier molecular flexibility index (Phi) is 9.00. The molecule has 1 aliphatic heterocycles. The van der Waals surface area contributed by atoms with Gasteiger partial charge < -0.3 is 20.4 Å². The number of amides is 2. The maximum absolute atomic E-state index is 14.1. The Labute approximate surface area is 248 Å². The molecule has 3 N–H and O–H groups in total. The van der Waals surface area contributed by atoms with E-state index >= 15 is 0 Å². The van der Waals surface area contributed by atoms with Crippen molar-refractivity contribution in [2.75, 3.05) is 34.8 Å². The Bertz CT molecular complexity index is 1560. The number of urea groups is 1. The van der Waals surface area contributed by atoms with E-state index in [0.29, 0.717) is 41.6 Å². The number of nitrogens with two attached hydrogens (primary N) is 1. The monoisotopic (exact) mass is 592 g/mol. The molecule has 2 aromatic heterocycles. The predicted molar refractivity (Wildman–Crippen MR) is 162 cm³/mol. The minimum atomic E-state index is -4.48. The second kappa shape index (κ2) is 12.9. The van der Waals surface area contributed by atoms with Crippen molar-refractivity contribution < 1.29 is 22.4 Å². The topological polar surface area (TPSA) is 101 Å². The third-order valence-electron chi connectivity index (χ3n) is 7.63. The van der Waals surface area contributed by atoms with E-state index in [0.717, 1.165) is 61.2 Å². The van der Waals surface area contributed by atoms with Gasteiger partial charge in [0.1, 0.15) is 0 Å². The van der Waals surface area contributed by atoms with Crippen molar-refractivity contribution in [3.8, 4) is 22.6 Å². The quantitative estimate of drug-likeness (QED) is 0.233. The van der Waals surface area contributed by atoms with Crippen molar-refractivity contribution in [2.45, 2.75) is 51.7 Å². The highest BCUT2D eigenvalue weighted by atomic mass is 19.4. The molecule has 3 heterocycles. The summed E-state index contributed by atoms with van der Waals surface area (Å²) in [5.41, 5.74) is 8.74. The Morgan fingerprint density at radius 2 is 1.98 bits per heavy atom. The van der Waals surface area contributed by atoms with Crippen LogP contribution in [-0.2, 0) is 12.6 Å². The molecule has 43 heavy (non-hydrogen) atoms. The van der Waals surface area contributed by atoms with Crippen molar-refractivity contribution in [3.05, 3.63) is 78.3 Å². The number of nitrogens with zero attached hydrogens (tertiary/aromatic N) is 4. The van der Waals surface area contributed by atoms with Crippen LogP contribution >= 0.6 is 0 Å². The van der Waals surface area contributed by atoms with Crippen LogP contribution < -0.4 is 20.9 Å². The summed E-state index contributed by atoms with van der Waals surface area (Å²) in [6, 6.07) is 13.7. The third kappa shape index (κ3) is 6.83. The van der Waals surface area contributed by atoms with Crippen LogP contribution in [0.25, 0.3) is 22.6 Å². The fourth-order valence-corrected chi connectivity index (χ4v) is 5.44. The van der Waals surface area contributed by atoms with Crippen LogP contribution in [0, 0.1) is 0 Å². The first-order chi connectivity index (χ1) is 20.7. The van der Waals surface area contributed by atoms with Crippen molar-refractivity contribution in [1.29, 1.82) is 0 Å². The van der Waals surface area contributed by atoms with Gasteiger partial charge in [-0.3, -0.25) is 4.90 Å². The zero-order valence-electron chi connectivity index (χ0n) is 24.2. The van der Waals surface area contributed by atoms with Gasteiger partial charge in [0.15, 0.2) is 18.0 Å². The number of hydrogen-bond acceptors (Lipinski definition) is 6. The van der Waals surface area contributed by atoms with E-state index in [1.807, 2.05) is 38.1 Å². The summed E-state index contributed by atoms with van der Waals surface area (Å²) in [5, 5.41) is 3.06. The minimum Gasteiger partial charge on any atom is -0.444 e. The zero-order valence-corrected chi connectivity index (χ0v) is 24.2. The first-order valence-electron chi connectivity index (χ1n) is 14.4. The van der Waals surface area contributed by atoms with E-state index in [4.69, 9.17) is 15.1 Å². The lowest BCUT2D eigenvalue weighted by Crippen LogP contribution is -2.45. The van der Waals surface area contributed by atoms with Gasteiger partial charge in [-0.25, -0.2) is 14.8 Å². The highest BCUT2D eigenvalue weighted by Gasteiger charge is 2.32. The molecule has 0 bridgehead atoms. The molecule has 0 aliphatic carbocycles. The first kappa shape index (κ1) is 30.1. The van der Waals surface area contributed by atoms with Crippen LogP contribution in [0.5, 0.6) is 0 Å². The molecular weight excluding hydrogens is 557 g/mol. The molecule has 0 fully saturated rings. The predicted octanol–water partition coefficient (Wildman–Crippen LogP) is 7.36. The van der Waals surface area contributed by atoms with Gasteiger partial charge in [-0.1, -0.05) is 12.1 Å². The van der Waals surface area contributed by atoms with Crippen LogP contribution in [0.3, 0.4) is 0 Å². The molecule has 5 rings (SSSR count). The summed E-state index contributed by atoms with van der Waals surface area (Å²) in [6.07, 6.45) is 1.56. The van der Waals surface area contributed by atoms with E-state index in [-0.39, 0.29) is 12.1 Å². The highest BCUT2D eigenvalue weighted by Crippen LogP contribution is 2.37. The minimum absolute atomic E-state index is 0.226. The zero-order chi connectivity index (χ0) is 30.6. The number of aryl methyl sites for hydroxylation is 1. The molecule has 0 saturated carbocycles. The number of nitrogens with one attached hydrogen (secondary N) is 1. The van der Waals surface area contributed by atoms with Crippen LogP contribution in [-0.4, -0.2) is 41.7 Å². The number of carbonyl (C=O) groups is 1. The number of carbonyl (C=O) groups excluding carboxylic acids is 1. The Hall–Kier alpha value is -4.38. The lowest BCUT2D eigenvalue weighted by atomic mass is 10.0. The van der Waals surface area contributed by atoms with Gasteiger partial charge in [0.2, 0.25) is 0 Å². The number of aromatic nitrogens is 2. The van der Waals surface area contributed by atoms with Gasteiger partial charge in [0, 0.05) is 35.9 Å². The second-order valence-corrected chi connectivity index (χ2v) is 10.7. The molecule has 1 aliphatic rings. The van der Waals surface area contributed by atoms with Crippen molar-refractivity contribution in [1.82, 2.24) is 9.97 Å². The maximum atomic E-state index is 14.1. The summed E-state index contributed by atoms with van der Waals surface area (Å²) >= 11 is 0. The highest BCUT2D eigenvalue weighted by molar-refractivity contribution is 6.04. The molecule has 0 radical (unpaired) electrons. The molecule has 11 heteroatoms. The lowest BCUT2D eigenvalue weighted by Gasteiger charge is -2.36. The molecule has 4 aromatic rings. The summed E-state index contributed by atoms with van der Waals surface area (Å²) in [5.74, 6) is 0.970. The fourth-order valence-electron chi connectivity index (χ4n) is 5.44. The van der Waals surface area contributed by atoms with Gasteiger partial charge in [0.05, 0.1) is 23.1 Å². The molecule has 2 aromatic carbocycles. The number of alkyl halides is 3. The number of oxazole rings is 1. The largest absolute Gasteiger partial charge is 0.444 e. The molecule has 0 unspecified atom stereocenters. The summed E-state index contributed by atoms with van der Waals surface area (Å²) in [4.78, 5) is 26.7. The van der Waals surface area contributed by atoms with Crippen LogP contribution in [0.4, 0.5) is 35.2 Å². The van der Waals surface area contributed by atoms with Crippen molar-refractivity contribution in [3.63, 3.8) is 0 Å². The van der Waals surface area contributed by atoms with Gasteiger partial charge in [-0.05, 0) is 94.1 Å². The molecule has 226 valence electrons. The molecular formula is C32H35F3N6O2. The van der Waals surface area contributed by atoms with Crippen LogP contribution in [0.1, 0.15) is 44.2 Å². The van der Waals surface area contributed by atoms with Gasteiger partial charge in [-0.15, -0.1) is 0 Å². The van der Waals surface area contributed by atoms with Crippen molar-refractivity contribution >= 4 is 23.2 Å².